The Hall–Kier alpha value is -2.15. The maximum atomic E-state index is 13.0. The third-order valence-electron chi connectivity index (χ3n) is 5.32. The third-order valence-corrected chi connectivity index (χ3v) is 6.06. The van der Waals surface area contributed by atoms with Gasteiger partial charge >= 0.3 is 0 Å². The molecule has 154 valence electrons. The van der Waals surface area contributed by atoms with Crippen molar-refractivity contribution in [3.05, 3.63) is 73.8 Å². The SMILES string of the molecule is CN(C(=O)Cc1ccc(Cl)c(Cl)c1)[C@@H](CN1CCCC1)c1ccc([N+](=O)[O-])cc1. The molecule has 1 amide bonds. The number of likely N-dealkylation sites (N-methyl/N-ethyl adjacent to an activating group) is 1. The number of likely N-dealkylation sites (tertiary alicyclic amines) is 1. The van der Waals surface area contributed by atoms with E-state index in [9.17, 15) is 14.9 Å². The highest BCUT2D eigenvalue weighted by Crippen LogP contribution is 2.27. The quantitative estimate of drug-likeness (QED) is 0.465. The number of amides is 1. The molecule has 0 bridgehead atoms. The van der Waals surface area contributed by atoms with Gasteiger partial charge in [-0.2, -0.15) is 0 Å². The highest BCUT2D eigenvalue weighted by Gasteiger charge is 2.26. The van der Waals surface area contributed by atoms with Gasteiger partial charge in [0.15, 0.2) is 0 Å². The van der Waals surface area contributed by atoms with E-state index >= 15 is 0 Å². The minimum atomic E-state index is -0.418. The van der Waals surface area contributed by atoms with Crippen molar-refractivity contribution in [1.29, 1.82) is 0 Å². The maximum absolute atomic E-state index is 13.0. The Labute approximate surface area is 180 Å². The number of nitro benzene ring substituents is 1. The van der Waals surface area contributed by atoms with Crippen molar-refractivity contribution >= 4 is 34.8 Å². The van der Waals surface area contributed by atoms with Crippen LogP contribution in [0.25, 0.3) is 0 Å². The molecule has 0 spiro atoms. The van der Waals surface area contributed by atoms with Crippen molar-refractivity contribution < 1.29 is 9.72 Å². The summed E-state index contributed by atoms with van der Waals surface area (Å²) >= 11 is 12.0. The minimum absolute atomic E-state index is 0.0402. The van der Waals surface area contributed by atoms with Gasteiger partial charge in [0.05, 0.1) is 27.4 Å². The number of non-ortho nitro benzene ring substituents is 1. The van der Waals surface area contributed by atoms with Gasteiger partial charge in [-0.3, -0.25) is 14.9 Å². The topological polar surface area (TPSA) is 66.7 Å². The summed E-state index contributed by atoms with van der Waals surface area (Å²) in [5.41, 5.74) is 1.71. The number of hydrogen-bond acceptors (Lipinski definition) is 4. The predicted molar refractivity (Wildman–Crippen MR) is 114 cm³/mol. The molecule has 0 radical (unpaired) electrons. The van der Waals surface area contributed by atoms with Crippen LogP contribution in [-0.2, 0) is 11.2 Å². The summed E-state index contributed by atoms with van der Waals surface area (Å²) in [6.07, 6.45) is 2.50. The standard InChI is InChI=1S/C21H23Cl2N3O3/c1-24(21(27)13-15-4-9-18(22)19(23)12-15)20(14-25-10-2-3-11-25)16-5-7-17(8-6-16)26(28)29/h4-9,12,20H,2-3,10-11,13-14H2,1H3/t20-/m0/s1. The molecule has 29 heavy (non-hydrogen) atoms. The van der Waals surface area contributed by atoms with Gasteiger partial charge in [-0.1, -0.05) is 41.4 Å². The first-order valence-electron chi connectivity index (χ1n) is 9.51. The van der Waals surface area contributed by atoms with Crippen LogP contribution in [0.2, 0.25) is 10.0 Å². The molecule has 1 heterocycles. The number of benzene rings is 2. The van der Waals surface area contributed by atoms with Crippen molar-refractivity contribution in [1.82, 2.24) is 9.80 Å². The summed E-state index contributed by atoms with van der Waals surface area (Å²) in [5.74, 6) is -0.0501. The van der Waals surface area contributed by atoms with Crippen molar-refractivity contribution in [3.8, 4) is 0 Å². The van der Waals surface area contributed by atoms with E-state index in [1.807, 2.05) is 0 Å². The molecular formula is C21H23Cl2N3O3. The van der Waals surface area contributed by atoms with E-state index in [1.54, 1.807) is 42.3 Å². The molecule has 6 nitrogen and oxygen atoms in total. The van der Waals surface area contributed by atoms with Crippen LogP contribution in [0, 0.1) is 10.1 Å². The van der Waals surface area contributed by atoms with Crippen molar-refractivity contribution in [2.75, 3.05) is 26.7 Å². The van der Waals surface area contributed by atoms with Crippen LogP contribution in [0.5, 0.6) is 0 Å². The number of hydrogen-bond donors (Lipinski definition) is 0. The fourth-order valence-electron chi connectivity index (χ4n) is 3.60. The van der Waals surface area contributed by atoms with Crippen LogP contribution in [0.4, 0.5) is 5.69 Å². The molecule has 0 unspecified atom stereocenters. The first-order valence-corrected chi connectivity index (χ1v) is 10.3. The first kappa shape index (κ1) is 21.6. The normalized spacial score (nSPS) is 15.3. The largest absolute Gasteiger partial charge is 0.337 e. The monoisotopic (exact) mass is 435 g/mol. The number of carbonyl (C=O) groups excluding carboxylic acids is 1. The van der Waals surface area contributed by atoms with Gasteiger partial charge < -0.3 is 9.80 Å². The molecule has 0 aliphatic carbocycles. The second-order valence-electron chi connectivity index (χ2n) is 7.30. The molecule has 2 aromatic carbocycles. The van der Waals surface area contributed by atoms with Crippen LogP contribution < -0.4 is 0 Å². The molecule has 1 aliphatic rings. The summed E-state index contributed by atoms with van der Waals surface area (Å²) in [5, 5.41) is 11.8. The van der Waals surface area contributed by atoms with Crippen molar-refractivity contribution in [3.63, 3.8) is 0 Å². The Kier molecular flexibility index (Phi) is 7.11. The van der Waals surface area contributed by atoms with Gasteiger partial charge in [-0.05, 0) is 49.2 Å². The van der Waals surface area contributed by atoms with Crippen LogP contribution in [0.15, 0.2) is 42.5 Å². The lowest BCUT2D eigenvalue weighted by molar-refractivity contribution is -0.384. The van der Waals surface area contributed by atoms with Gasteiger partial charge in [0, 0.05) is 25.7 Å². The van der Waals surface area contributed by atoms with E-state index in [0.717, 1.165) is 37.1 Å². The Bertz CT molecular complexity index is 883. The molecule has 1 fully saturated rings. The highest BCUT2D eigenvalue weighted by molar-refractivity contribution is 6.42. The average Bonchev–Trinajstić information content (AvgIpc) is 3.22. The number of nitro groups is 1. The van der Waals surface area contributed by atoms with Gasteiger partial charge in [0.2, 0.25) is 5.91 Å². The summed E-state index contributed by atoms with van der Waals surface area (Å²) in [7, 11) is 1.78. The number of carbonyl (C=O) groups is 1. The number of nitrogens with zero attached hydrogens (tertiary/aromatic N) is 3. The summed E-state index contributed by atoms with van der Waals surface area (Å²) in [4.78, 5) is 27.6. The molecule has 2 aromatic rings. The van der Waals surface area contributed by atoms with Gasteiger partial charge in [0.1, 0.15) is 0 Å². The second-order valence-corrected chi connectivity index (χ2v) is 8.12. The molecule has 1 atom stereocenters. The van der Waals surface area contributed by atoms with E-state index in [4.69, 9.17) is 23.2 Å². The molecule has 1 aliphatic heterocycles. The predicted octanol–water partition coefficient (Wildman–Crippen LogP) is 4.74. The highest BCUT2D eigenvalue weighted by atomic mass is 35.5. The zero-order chi connectivity index (χ0) is 21.0. The van der Waals surface area contributed by atoms with Crippen LogP contribution in [-0.4, -0.2) is 47.3 Å². The van der Waals surface area contributed by atoms with E-state index in [1.165, 1.54) is 12.1 Å². The van der Waals surface area contributed by atoms with E-state index < -0.39 is 4.92 Å². The zero-order valence-electron chi connectivity index (χ0n) is 16.2. The maximum Gasteiger partial charge on any atom is 0.269 e. The Balaban J connectivity index is 1.80. The Morgan fingerprint density at radius 3 is 2.38 bits per heavy atom. The molecule has 0 saturated carbocycles. The fourth-order valence-corrected chi connectivity index (χ4v) is 3.92. The van der Waals surface area contributed by atoms with Crippen LogP contribution in [0.3, 0.4) is 0 Å². The van der Waals surface area contributed by atoms with E-state index in [0.29, 0.717) is 16.6 Å². The molecule has 1 saturated heterocycles. The molecule has 0 N–H and O–H groups in total. The van der Waals surface area contributed by atoms with Crippen LogP contribution >= 0.6 is 23.2 Å². The zero-order valence-corrected chi connectivity index (χ0v) is 17.7. The average molecular weight is 436 g/mol. The molecule has 0 aromatic heterocycles. The molecular weight excluding hydrogens is 413 g/mol. The van der Waals surface area contributed by atoms with Gasteiger partial charge in [-0.25, -0.2) is 0 Å². The lowest BCUT2D eigenvalue weighted by Gasteiger charge is -2.32. The Morgan fingerprint density at radius 2 is 1.79 bits per heavy atom. The lowest BCUT2D eigenvalue weighted by atomic mass is 10.0. The number of halogens is 2. The van der Waals surface area contributed by atoms with E-state index in [-0.39, 0.29) is 24.1 Å². The van der Waals surface area contributed by atoms with Crippen molar-refractivity contribution in [2.45, 2.75) is 25.3 Å². The lowest BCUT2D eigenvalue weighted by Crippen LogP contribution is -2.39. The van der Waals surface area contributed by atoms with Gasteiger partial charge in [-0.15, -0.1) is 0 Å². The Morgan fingerprint density at radius 1 is 1.14 bits per heavy atom. The summed E-state index contributed by atoms with van der Waals surface area (Å²) in [6, 6.07) is 11.4. The third kappa shape index (κ3) is 5.47. The molecule has 3 rings (SSSR count). The molecule has 8 heteroatoms. The fraction of sp³-hybridized carbons (Fsp3) is 0.381. The first-order chi connectivity index (χ1) is 13.8. The smallest absolute Gasteiger partial charge is 0.269 e. The summed E-state index contributed by atoms with van der Waals surface area (Å²) < 4.78 is 0. The van der Waals surface area contributed by atoms with Gasteiger partial charge in [0.25, 0.3) is 5.69 Å². The van der Waals surface area contributed by atoms with Crippen molar-refractivity contribution in [2.24, 2.45) is 0 Å². The summed E-state index contributed by atoms with van der Waals surface area (Å²) in [6.45, 7) is 2.69. The number of rotatable bonds is 7. The van der Waals surface area contributed by atoms with Crippen LogP contribution in [0.1, 0.15) is 30.0 Å². The second kappa shape index (κ2) is 9.57. The minimum Gasteiger partial charge on any atom is -0.337 e. The van der Waals surface area contributed by atoms with E-state index in [2.05, 4.69) is 4.90 Å².